The lowest BCUT2D eigenvalue weighted by molar-refractivity contribution is -0.134. The molecule has 2 heterocycles. The largest absolute Gasteiger partial charge is 0.491 e. The van der Waals surface area contributed by atoms with Crippen molar-refractivity contribution < 1.29 is 14.3 Å². The summed E-state index contributed by atoms with van der Waals surface area (Å²) >= 11 is 0. The van der Waals surface area contributed by atoms with Crippen LogP contribution in [0.2, 0.25) is 0 Å². The molecule has 1 saturated carbocycles. The van der Waals surface area contributed by atoms with E-state index in [4.69, 9.17) is 9.84 Å². The van der Waals surface area contributed by atoms with Crippen LogP contribution in [0.4, 0.5) is 0 Å². The van der Waals surface area contributed by atoms with Crippen molar-refractivity contribution in [1.29, 1.82) is 0 Å². The Balaban J connectivity index is 1.62. The lowest BCUT2D eigenvalue weighted by Gasteiger charge is -2.44. The van der Waals surface area contributed by atoms with Crippen LogP contribution in [0.25, 0.3) is 0 Å². The quantitative estimate of drug-likeness (QED) is 0.556. The first-order valence-corrected chi connectivity index (χ1v) is 13.6. The number of hydrogen-bond donors (Lipinski definition) is 1. The predicted octanol–water partition coefficient (Wildman–Crippen LogP) is 5.44. The van der Waals surface area contributed by atoms with Gasteiger partial charge in [-0.3, -0.25) is 14.3 Å². The maximum atomic E-state index is 13.9. The van der Waals surface area contributed by atoms with Crippen molar-refractivity contribution >= 4 is 11.8 Å². The topological polar surface area (TPSA) is 76.5 Å². The second-order valence-corrected chi connectivity index (χ2v) is 11.3. The van der Waals surface area contributed by atoms with E-state index in [0.29, 0.717) is 18.8 Å². The van der Waals surface area contributed by atoms with Gasteiger partial charge in [0.1, 0.15) is 17.0 Å². The highest BCUT2D eigenvalue weighted by molar-refractivity contribution is 5.99. The Morgan fingerprint density at radius 1 is 1.08 bits per heavy atom. The zero-order chi connectivity index (χ0) is 25.9. The highest BCUT2D eigenvalue weighted by Gasteiger charge is 2.48. The number of hydrogen-bond acceptors (Lipinski definition) is 4. The molecular weight excluding hydrogens is 452 g/mol. The number of ether oxygens (including phenoxy) is 1. The number of fused-ring (bicyclic) bond motifs is 1. The lowest BCUT2D eigenvalue weighted by atomic mass is 9.91. The molecule has 1 fully saturated rings. The van der Waals surface area contributed by atoms with Crippen molar-refractivity contribution in [2.24, 2.45) is 0 Å². The summed E-state index contributed by atoms with van der Waals surface area (Å²) in [5, 5.41) is 8.04. The van der Waals surface area contributed by atoms with Gasteiger partial charge in [-0.1, -0.05) is 58.1 Å². The van der Waals surface area contributed by atoms with E-state index < -0.39 is 5.54 Å². The molecule has 2 amide bonds. The Bertz CT molecular complexity index is 1050. The van der Waals surface area contributed by atoms with Gasteiger partial charge in [0.15, 0.2) is 0 Å². The van der Waals surface area contributed by atoms with Gasteiger partial charge in [0.25, 0.3) is 5.91 Å². The number of benzene rings is 1. The average Bonchev–Trinajstić information content (AvgIpc) is 3.23. The Hall–Kier alpha value is -2.83. The van der Waals surface area contributed by atoms with Crippen LogP contribution in [0.5, 0.6) is 5.75 Å². The van der Waals surface area contributed by atoms with E-state index in [1.54, 1.807) is 9.58 Å². The average molecular weight is 495 g/mol. The fourth-order valence-electron chi connectivity index (χ4n) is 5.26. The van der Waals surface area contributed by atoms with Crippen molar-refractivity contribution in [1.82, 2.24) is 20.0 Å². The van der Waals surface area contributed by atoms with Crippen LogP contribution in [-0.4, -0.2) is 44.2 Å². The molecule has 4 rings (SSSR count). The first kappa shape index (κ1) is 26.2. The van der Waals surface area contributed by atoms with Gasteiger partial charge in [-0.25, -0.2) is 0 Å². The third kappa shape index (κ3) is 5.76. The van der Waals surface area contributed by atoms with Gasteiger partial charge < -0.3 is 15.0 Å². The van der Waals surface area contributed by atoms with Crippen molar-refractivity contribution in [3.05, 3.63) is 47.3 Å². The Morgan fingerprint density at radius 2 is 1.72 bits per heavy atom. The number of aromatic nitrogens is 2. The van der Waals surface area contributed by atoms with Crippen molar-refractivity contribution in [3.8, 4) is 5.75 Å². The highest BCUT2D eigenvalue weighted by atomic mass is 16.5. The van der Waals surface area contributed by atoms with Crippen molar-refractivity contribution in [3.63, 3.8) is 0 Å². The molecule has 1 unspecified atom stereocenters. The van der Waals surface area contributed by atoms with Crippen LogP contribution < -0.4 is 10.1 Å². The summed E-state index contributed by atoms with van der Waals surface area (Å²) in [7, 11) is 0. The number of nitrogens with one attached hydrogen (secondary N) is 1. The van der Waals surface area contributed by atoms with E-state index in [0.717, 1.165) is 42.7 Å². The molecule has 0 spiro atoms. The van der Waals surface area contributed by atoms with Gasteiger partial charge >= 0.3 is 0 Å². The zero-order valence-corrected chi connectivity index (χ0v) is 22.5. The number of amides is 2. The van der Waals surface area contributed by atoms with E-state index in [2.05, 4.69) is 19.2 Å². The van der Waals surface area contributed by atoms with E-state index in [1.807, 2.05) is 51.1 Å². The minimum absolute atomic E-state index is 0.0894. The molecule has 1 atom stereocenters. The molecule has 7 heteroatoms. The second kappa shape index (κ2) is 11.1. The molecule has 36 heavy (non-hydrogen) atoms. The van der Waals surface area contributed by atoms with E-state index >= 15 is 0 Å². The van der Waals surface area contributed by atoms with E-state index in [-0.39, 0.29) is 29.9 Å². The van der Waals surface area contributed by atoms with Crippen molar-refractivity contribution in [2.45, 2.75) is 116 Å². The molecule has 196 valence electrons. The number of carbonyl (C=O) groups excluding carboxylic acids is 2. The summed E-state index contributed by atoms with van der Waals surface area (Å²) in [6.07, 6.45) is 8.08. The molecule has 1 aliphatic heterocycles. The predicted molar refractivity (Wildman–Crippen MR) is 141 cm³/mol. The zero-order valence-electron chi connectivity index (χ0n) is 22.5. The van der Waals surface area contributed by atoms with Crippen molar-refractivity contribution in [2.75, 3.05) is 0 Å². The first-order valence-electron chi connectivity index (χ1n) is 13.6. The maximum Gasteiger partial charge on any atom is 0.273 e. The monoisotopic (exact) mass is 494 g/mol. The second-order valence-electron chi connectivity index (χ2n) is 11.3. The summed E-state index contributed by atoms with van der Waals surface area (Å²) in [4.78, 5) is 29.5. The third-order valence-electron chi connectivity index (χ3n) is 7.47. The Kier molecular flexibility index (Phi) is 8.06. The summed E-state index contributed by atoms with van der Waals surface area (Å²) in [6.45, 7) is 10.7. The molecular formula is C29H42N4O3. The minimum atomic E-state index is -1.04. The van der Waals surface area contributed by atoms with Crippen LogP contribution >= 0.6 is 0 Å². The molecule has 1 aliphatic carbocycles. The molecule has 0 saturated heterocycles. The van der Waals surface area contributed by atoms with E-state index in [1.165, 1.54) is 19.3 Å². The molecule has 7 nitrogen and oxygen atoms in total. The number of nitrogens with zero attached hydrogens (tertiary/aromatic N) is 3. The molecule has 0 radical (unpaired) electrons. The smallest absolute Gasteiger partial charge is 0.273 e. The fourth-order valence-corrected chi connectivity index (χ4v) is 5.26. The molecule has 1 N–H and O–H groups in total. The van der Waals surface area contributed by atoms with E-state index in [9.17, 15) is 9.59 Å². The Labute approximate surface area is 215 Å². The molecule has 0 bridgehead atoms. The lowest BCUT2D eigenvalue weighted by Crippen LogP contribution is -2.64. The molecule has 1 aromatic heterocycles. The molecule has 2 aliphatic rings. The van der Waals surface area contributed by atoms with Crippen LogP contribution in [0, 0.1) is 0 Å². The highest BCUT2D eigenvalue weighted by Crippen LogP contribution is 2.31. The first-order chi connectivity index (χ1) is 17.2. The van der Waals surface area contributed by atoms with Gasteiger partial charge in [-0.2, -0.15) is 5.10 Å². The van der Waals surface area contributed by atoms with Gasteiger partial charge in [-0.15, -0.1) is 0 Å². The van der Waals surface area contributed by atoms with Crippen LogP contribution in [0.1, 0.15) is 107 Å². The summed E-state index contributed by atoms with van der Waals surface area (Å²) in [6, 6.07) is 9.84. The summed E-state index contributed by atoms with van der Waals surface area (Å²) in [5.41, 5.74) is 1.34. The third-order valence-corrected chi connectivity index (χ3v) is 7.47. The Morgan fingerprint density at radius 3 is 2.33 bits per heavy atom. The summed E-state index contributed by atoms with van der Waals surface area (Å²) < 4.78 is 7.52. The summed E-state index contributed by atoms with van der Waals surface area (Å²) in [5.74, 6) is 0.753. The van der Waals surface area contributed by atoms with Crippen LogP contribution in [-0.2, 0) is 17.9 Å². The van der Waals surface area contributed by atoms with Gasteiger partial charge in [-0.05, 0) is 63.3 Å². The fraction of sp³-hybridized carbons (Fsp3) is 0.621. The van der Waals surface area contributed by atoms with Gasteiger partial charge in [0, 0.05) is 12.6 Å². The SMILES string of the molecule is CC(C)Oc1ccc(CN2C(=O)c3cc(C(C)C)nn3CC2(C)C(=O)NC2CCCCCCC2)cc1. The molecule has 1 aromatic carbocycles. The van der Waals surface area contributed by atoms with Crippen LogP contribution in [0.15, 0.2) is 30.3 Å². The van der Waals surface area contributed by atoms with Gasteiger partial charge in [0.2, 0.25) is 5.91 Å². The number of carbonyl (C=O) groups is 2. The minimum Gasteiger partial charge on any atom is -0.491 e. The van der Waals surface area contributed by atoms with Crippen LogP contribution in [0.3, 0.4) is 0 Å². The van der Waals surface area contributed by atoms with Gasteiger partial charge in [0.05, 0.1) is 18.3 Å². The molecule has 2 aromatic rings. The normalized spacial score (nSPS) is 21.3. The number of rotatable bonds is 7. The standard InChI is InChI=1S/C29H42N4O3/c1-20(2)25-17-26-27(34)32(18-22-13-15-24(16-14-22)36-21(3)4)29(5,19-33(26)31-25)28(35)30-23-11-9-7-6-8-10-12-23/h13-17,20-21,23H,6-12,18-19H2,1-5H3,(H,30,35). The maximum absolute atomic E-state index is 13.9.